The van der Waals surface area contributed by atoms with Gasteiger partial charge in [-0.1, -0.05) is 0 Å². The molecule has 6 atom stereocenters. The van der Waals surface area contributed by atoms with Crippen LogP contribution in [0, 0.1) is 0 Å². The summed E-state index contributed by atoms with van der Waals surface area (Å²) in [6.07, 6.45) is 16.8. The largest absolute Gasteiger partial charge is 0.314 e. The van der Waals surface area contributed by atoms with E-state index in [1.807, 2.05) is 0 Å². The summed E-state index contributed by atoms with van der Waals surface area (Å²) >= 11 is 0. The Morgan fingerprint density at radius 2 is 1.48 bits per heavy atom. The van der Waals surface area contributed by atoms with Gasteiger partial charge in [0.1, 0.15) is 18.4 Å². The summed E-state index contributed by atoms with van der Waals surface area (Å²) in [6, 6.07) is 7.97. The van der Waals surface area contributed by atoms with Crippen LogP contribution in [0.5, 0.6) is 0 Å². The van der Waals surface area contributed by atoms with Crippen molar-refractivity contribution in [3.63, 3.8) is 0 Å². The minimum absolute atomic E-state index is 0.0411. The Labute approximate surface area is 148 Å². The molecule has 7 aliphatic rings. The van der Waals surface area contributed by atoms with Crippen LogP contribution < -0.4 is 0 Å². The molecule has 4 nitrogen and oxygen atoms in total. The van der Waals surface area contributed by atoms with Crippen molar-refractivity contribution in [2.45, 2.75) is 75.0 Å². The zero-order chi connectivity index (χ0) is 16.0. The molecular weight excluding hydrogens is 308 g/mol. The van der Waals surface area contributed by atoms with E-state index in [9.17, 15) is 0 Å². The standard InChI is InChI=1S/C21H25N4/c1-2-20-12-18-6-5-16-10-14-3-4-15-11-17-7-8-19-13-25(20,9-1)21(22(14)15,23(16)18)24(17)19/h1-4,9,16-19H,5-8,10-13H2/q+1/t16?,17?,18?,19?,21-,25?/m1/s1. The fraction of sp³-hybridized carbons (Fsp3) is 0.619. The smallest absolute Gasteiger partial charge is 0.269 e. The molecule has 2 spiro atoms. The van der Waals surface area contributed by atoms with Crippen molar-refractivity contribution in [3.05, 3.63) is 47.6 Å². The summed E-state index contributed by atoms with van der Waals surface area (Å²) < 4.78 is 3.95. The van der Waals surface area contributed by atoms with Crippen molar-refractivity contribution in [1.82, 2.24) is 14.4 Å². The maximum atomic E-state index is 3.04. The van der Waals surface area contributed by atoms with Gasteiger partial charge >= 0.3 is 5.91 Å². The number of rotatable bonds is 0. The van der Waals surface area contributed by atoms with E-state index in [4.69, 9.17) is 0 Å². The summed E-state index contributed by atoms with van der Waals surface area (Å²) in [5, 5.41) is 0. The van der Waals surface area contributed by atoms with Gasteiger partial charge in [-0.05, 0) is 43.9 Å². The monoisotopic (exact) mass is 333 g/mol. The van der Waals surface area contributed by atoms with E-state index in [1.165, 1.54) is 51.5 Å². The molecule has 4 saturated heterocycles. The average molecular weight is 333 g/mol. The van der Waals surface area contributed by atoms with Crippen molar-refractivity contribution >= 4 is 0 Å². The molecule has 0 saturated carbocycles. The molecule has 7 aliphatic heterocycles. The quantitative estimate of drug-likeness (QED) is 0.676. The molecule has 0 bridgehead atoms. The maximum absolute atomic E-state index is 3.04. The molecule has 25 heavy (non-hydrogen) atoms. The zero-order valence-electron chi connectivity index (χ0n) is 14.6. The van der Waals surface area contributed by atoms with Crippen LogP contribution in [0.3, 0.4) is 0 Å². The molecule has 0 amide bonds. The molecule has 1 aromatic rings. The van der Waals surface area contributed by atoms with E-state index in [0.717, 1.165) is 28.7 Å². The van der Waals surface area contributed by atoms with E-state index >= 15 is 0 Å². The van der Waals surface area contributed by atoms with Gasteiger partial charge in [-0.25, -0.2) is 14.3 Å². The zero-order valence-corrected chi connectivity index (χ0v) is 14.6. The molecule has 0 radical (unpaired) electrons. The molecule has 0 N–H and O–H groups in total. The summed E-state index contributed by atoms with van der Waals surface area (Å²) in [7, 11) is 0. The lowest BCUT2D eigenvalue weighted by Gasteiger charge is -2.63. The number of quaternary nitrogens is 1. The number of hydrogen-bond acceptors (Lipinski definition) is 2. The van der Waals surface area contributed by atoms with Gasteiger partial charge in [0.25, 0.3) is 0 Å². The number of hydrogen-bond donors (Lipinski definition) is 0. The van der Waals surface area contributed by atoms with E-state index in [-0.39, 0.29) is 5.91 Å². The molecule has 4 heteroatoms. The van der Waals surface area contributed by atoms with Crippen LogP contribution in [-0.2, 0) is 18.8 Å². The molecule has 0 aromatic carbocycles. The van der Waals surface area contributed by atoms with Crippen molar-refractivity contribution in [1.29, 1.82) is 0 Å². The van der Waals surface area contributed by atoms with Gasteiger partial charge in [0.15, 0.2) is 0 Å². The molecule has 8 rings (SSSR count). The highest BCUT2D eigenvalue weighted by atomic mass is 15.8. The summed E-state index contributed by atoms with van der Waals surface area (Å²) in [6.45, 7) is 1.30. The molecular formula is C21H25N4+. The van der Waals surface area contributed by atoms with Crippen molar-refractivity contribution in [2.24, 2.45) is 0 Å². The predicted octanol–water partition coefficient (Wildman–Crippen LogP) is 2.48. The summed E-state index contributed by atoms with van der Waals surface area (Å²) in [5.41, 5.74) is 4.92. The van der Waals surface area contributed by atoms with Crippen LogP contribution in [-0.4, -0.2) is 49.6 Å². The Bertz CT molecular complexity index is 882. The van der Waals surface area contributed by atoms with Crippen LogP contribution in [0.4, 0.5) is 0 Å². The lowest BCUT2D eigenvalue weighted by atomic mass is 9.95. The van der Waals surface area contributed by atoms with Gasteiger partial charge in [-0.3, -0.25) is 4.57 Å². The Morgan fingerprint density at radius 1 is 0.840 bits per heavy atom. The van der Waals surface area contributed by atoms with E-state index < -0.39 is 0 Å². The fourth-order valence-electron chi connectivity index (χ4n) is 8.28. The van der Waals surface area contributed by atoms with Crippen LogP contribution in [0.2, 0.25) is 0 Å². The Morgan fingerprint density at radius 3 is 2.24 bits per heavy atom. The van der Waals surface area contributed by atoms with E-state index in [0.29, 0.717) is 0 Å². The lowest BCUT2D eigenvalue weighted by Crippen LogP contribution is -2.80. The Balaban J connectivity index is 1.56. The number of aromatic nitrogens is 1. The van der Waals surface area contributed by atoms with E-state index in [1.54, 1.807) is 17.1 Å². The molecule has 5 unspecified atom stereocenters. The third kappa shape index (κ3) is 1.08. The van der Waals surface area contributed by atoms with Crippen LogP contribution in [0.1, 0.15) is 43.5 Å². The van der Waals surface area contributed by atoms with Gasteiger partial charge in [-0.15, -0.1) is 0 Å². The SMILES string of the molecule is C1=C[N+]23CC4CCC5Cc6ccc7n6[C@@]2(N2C(CCC2C7)CC3=C1)N54. The van der Waals surface area contributed by atoms with Gasteiger partial charge < -0.3 is 0 Å². The predicted molar refractivity (Wildman–Crippen MR) is 94.1 cm³/mol. The normalized spacial score (nSPS) is 50.8. The molecule has 8 heterocycles. The first-order chi connectivity index (χ1) is 12.3. The number of nitrogens with zero attached hydrogens (tertiary/aromatic N) is 4. The highest BCUT2D eigenvalue weighted by molar-refractivity contribution is 5.32. The summed E-state index contributed by atoms with van der Waals surface area (Å²) in [5.74, 6) is 0.0411. The third-order valence-corrected chi connectivity index (χ3v) is 8.79. The lowest BCUT2D eigenvalue weighted by molar-refractivity contribution is -0.939. The maximum Gasteiger partial charge on any atom is 0.314 e. The second kappa shape index (κ2) is 3.68. The van der Waals surface area contributed by atoms with Gasteiger partial charge in [0, 0.05) is 54.9 Å². The molecule has 0 aliphatic carbocycles. The Kier molecular flexibility index (Phi) is 1.90. The highest BCUT2D eigenvalue weighted by Gasteiger charge is 2.79. The topological polar surface area (TPSA) is 11.4 Å². The number of allylic oxidation sites excluding steroid dienone is 2. The summed E-state index contributed by atoms with van der Waals surface area (Å²) in [4.78, 5) is 6.06. The second-order valence-electron chi connectivity index (χ2n) is 9.50. The first-order valence-corrected chi connectivity index (χ1v) is 10.4. The van der Waals surface area contributed by atoms with Crippen molar-refractivity contribution < 1.29 is 4.48 Å². The third-order valence-electron chi connectivity index (χ3n) is 8.79. The molecule has 4 fully saturated rings. The highest BCUT2D eigenvalue weighted by Crippen LogP contribution is 2.64. The van der Waals surface area contributed by atoms with Crippen LogP contribution >= 0.6 is 0 Å². The van der Waals surface area contributed by atoms with Crippen molar-refractivity contribution in [2.75, 3.05) is 6.54 Å². The second-order valence-corrected chi connectivity index (χ2v) is 9.50. The van der Waals surface area contributed by atoms with Gasteiger partial charge in [-0.2, -0.15) is 0 Å². The van der Waals surface area contributed by atoms with Gasteiger partial charge in [0.2, 0.25) is 0 Å². The first-order valence-electron chi connectivity index (χ1n) is 10.4. The van der Waals surface area contributed by atoms with Crippen LogP contribution in [0.25, 0.3) is 0 Å². The molecule has 128 valence electrons. The minimum atomic E-state index is 0.0411. The molecule has 1 aromatic heterocycles. The first kappa shape index (κ1) is 12.9. The Hall–Kier alpha value is -1.36. The average Bonchev–Trinajstić information content (AvgIpc) is 3.38. The van der Waals surface area contributed by atoms with E-state index in [2.05, 4.69) is 44.9 Å². The van der Waals surface area contributed by atoms with Gasteiger partial charge in [0.05, 0.1) is 6.04 Å². The van der Waals surface area contributed by atoms with Crippen molar-refractivity contribution in [3.8, 4) is 0 Å². The minimum Gasteiger partial charge on any atom is -0.269 e. The fourth-order valence-corrected chi connectivity index (χ4v) is 8.28. The van der Waals surface area contributed by atoms with Crippen LogP contribution in [0.15, 0.2) is 36.2 Å².